The Balaban J connectivity index is 1.51. The lowest BCUT2D eigenvalue weighted by molar-refractivity contribution is -0.111. The summed E-state index contributed by atoms with van der Waals surface area (Å²) in [6.45, 7) is 1.68. The Hall–Kier alpha value is -4.24. The van der Waals surface area contributed by atoms with Crippen LogP contribution in [-0.2, 0) is 14.8 Å². The number of fused-ring (bicyclic) bond motifs is 1. The Labute approximate surface area is 197 Å². The molecule has 9 heteroatoms. The summed E-state index contributed by atoms with van der Waals surface area (Å²) >= 11 is 0. The summed E-state index contributed by atoms with van der Waals surface area (Å²) in [4.78, 5) is 21.2. The first kappa shape index (κ1) is 22.9. The average molecular weight is 475 g/mol. The van der Waals surface area contributed by atoms with Crippen LogP contribution in [0.15, 0.2) is 83.9 Å². The molecule has 0 fully saturated rings. The number of sulfonamides is 1. The zero-order valence-corrected chi connectivity index (χ0v) is 19.3. The smallest absolute Gasteiger partial charge is 0.262 e. The molecule has 0 radical (unpaired) electrons. The maximum Gasteiger partial charge on any atom is 0.262 e. The van der Waals surface area contributed by atoms with Gasteiger partial charge in [0, 0.05) is 11.8 Å². The molecule has 0 saturated heterocycles. The predicted octanol–water partition coefficient (Wildman–Crippen LogP) is 4.40. The molecule has 0 aliphatic heterocycles. The number of hydrogen-bond acceptors (Lipinski definition) is 6. The number of carbonyl (C=O) groups is 1. The first-order valence-electron chi connectivity index (χ1n) is 10.3. The van der Waals surface area contributed by atoms with Crippen LogP contribution in [0, 0.1) is 6.92 Å². The van der Waals surface area contributed by atoms with Crippen LogP contribution in [0.1, 0.15) is 11.3 Å². The van der Waals surface area contributed by atoms with Gasteiger partial charge in [-0.05, 0) is 55.0 Å². The molecule has 3 aromatic carbocycles. The highest BCUT2D eigenvalue weighted by molar-refractivity contribution is 7.92. The third-order valence-corrected chi connectivity index (χ3v) is 6.48. The van der Waals surface area contributed by atoms with E-state index >= 15 is 0 Å². The second kappa shape index (κ2) is 9.72. The van der Waals surface area contributed by atoms with E-state index in [1.807, 2.05) is 24.3 Å². The second-order valence-corrected chi connectivity index (χ2v) is 9.04. The second-order valence-electron chi connectivity index (χ2n) is 7.39. The largest absolute Gasteiger partial charge is 0.495 e. The quantitative estimate of drug-likeness (QED) is 0.384. The molecule has 172 valence electrons. The van der Waals surface area contributed by atoms with Gasteiger partial charge in [-0.2, -0.15) is 0 Å². The normalized spacial score (nSPS) is 11.5. The summed E-state index contributed by atoms with van der Waals surface area (Å²) in [7, 11) is -2.46. The molecule has 0 aliphatic carbocycles. The molecule has 0 aliphatic rings. The molecule has 0 saturated carbocycles. The van der Waals surface area contributed by atoms with Crippen LogP contribution < -0.4 is 14.8 Å². The van der Waals surface area contributed by atoms with Crippen molar-refractivity contribution >= 4 is 44.4 Å². The minimum atomic E-state index is -3.93. The van der Waals surface area contributed by atoms with Crippen molar-refractivity contribution in [2.24, 2.45) is 0 Å². The van der Waals surface area contributed by atoms with Crippen molar-refractivity contribution in [3.63, 3.8) is 0 Å². The number of hydrogen-bond donors (Lipinski definition) is 2. The minimum absolute atomic E-state index is 0.0422. The topological polar surface area (TPSA) is 110 Å². The van der Waals surface area contributed by atoms with E-state index < -0.39 is 15.9 Å². The van der Waals surface area contributed by atoms with E-state index in [1.54, 1.807) is 55.6 Å². The third kappa shape index (κ3) is 5.21. The number of nitrogens with one attached hydrogen (secondary N) is 2. The van der Waals surface area contributed by atoms with E-state index in [2.05, 4.69) is 20.0 Å². The van der Waals surface area contributed by atoms with Crippen LogP contribution in [-0.4, -0.2) is 31.4 Å². The van der Waals surface area contributed by atoms with Crippen molar-refractivity contribution in [2.45, 2.75) is 11.8 Å². The Morgan fingerprint density at radius 3 is 2.53 bits per heavy atom. The van der Waals surface area contributed by atoms with E-state index in [4.69, 9.17) is 4.74 Å². The summed E-state index contributed by atoms with van der Waals surface area (Å²) in [6.07, 6.45) is 4.44. The van der Waals surface area contributed by atoms with E-state index in [-0.39, 0.29) is 4.90 Å². The summed E-state index contributed by atoms with van der Waals surface area (Å²) in [5.41, 5.74) is 3.20. The lowest BCUT2D eigenvalue weighted by Gasteiger charge is -2.14. The molecule has 1 amide bonds. The Morgan fingerprint density at radius 2 is 1.74 bits per heavy atom. The summed E-state index contributed by atoms with van der Waals surface area (Å²) in [5, 5.41) is 2.68. The van der Waals surface area contributed by atoms with Gasteiger partial charge in [0.05, 0.1) is 40.6 Å². The van der Waals surface area contributed by atoms with Crippen molar-refractivity contribution < 1.29 is 17.9 Å². The molecule has 0 unspecified atom stereocenters. The molecule has 34 heavy (non-hydrogen) atoms. The number of nitrogens with zero attached hydrogens (tertiary/aromatic N) is 2. The zero-order chi connectivity index (χ0) is 24.1. The fraction of sp³-hybridized carbons (Fsp3) is 0.0800. The van der Waals surface area contributed by atoms with Crippen LogP contribution in [0.3, 0.4) is 0 Å². The molecule has 0 bridgehead atoms. The highest BCUT2D eigenvalue weighted by atomic mass is 32.2. The molecule has 1 heterocycles. The van der Waals surface area contributed by atoms with E-state index in [0.717, 1.165) is 11.0 Å². The molecule has 4 rings (SSSR count). The number of aryl methyl sites for hydroxylation is 1. The number of para-hydroxylation sites is 4. The maximum absolute atomic E-state index is 13.0. The van der Waals surface area contributed by atoms with E-state index in [1.165, 1.54) is 19.3 Å². The maximum atomic E-state index is 13.0. The third-order valence-electron chi connectivity index (χ3n) is 4.97. The number of carbonyl (C=O) groups excluding carboxylic acids is 1. The predicted molar refractivity (Wildman–Crippen MR) is 132 cm³/mol. The summed E-state index contributed by atoms with van der Waals surface area (Å²) in [6, 6.07) is 18.8. The standard InChI is InChI=1S/C25H22N4O4S/c1-17-11-12-18(15-24(17)34(31,32)29-22-9-5-6-10-23(22)33-2)28-25(30)14-13-19-16-26-20-7-3-4-8-21(20)27-19/h3-16,29H,1-2H3,(H,28,30)/b14-13+. The molecule has 2 N–H and O–H groups in total. The van der Waals surface area contributed by atoms with Gasteiger partial charge < -0.3 is 10.1 Å². The van der Waals surface area contributed by atoms with E-state index in [0.29, 0.717) is 28.4 Å². The van der Waals surface area contributed by atoms with Gasteiger partial charge in [-0.1, -0.05) is 30.3 Å². The number of benzene rings is 3. The lowest BCUT2D eigenvalue weighted by Crippen LogP contribution is -2.16. The van der Waals surface area contributed by atoms with Gasteiger partial charge in [0.15, 0.2) is 0 Å². The number of ether oxygens (including phenoxy) is 1. The highest BCUT2D eigenvalue weighted by Gasteiger charge is 2.19. The Morgan fingerprint density at radius 1 is 1.00 bits per heavy atom. The number of anilines is 2. The van der Waals surface area contributed by atoms with Crippen LogP contribution in [0.5, 0.6) is 5.75 Å². The van der Waals surface area contributed by atoms with Gasteiger partial charge in [0.2, 0.25) is 5.91 Å². The number of rotatable bonds is 7. The first-order valence-corrected chi connectivity index (χ1v) is 11.8. The van der Waals surface area contributed by atoms with Gasteiger partial charge >= 0.3 is 0 Å². The highest BCUT2D eigenvalue weighted by Crippen LogP contribution is 2.28. The van der Waals surface area contributed by atoms with Crippen molar-refractivity contribution in [3.8, 4) is 5.75 Å². The number of aromatic nitrogens is 2. The first-order chi connectivity index (χ1) is 16.4. The van der Waals surface area contributed by atoms with Crippen LogP contribution >= 0.6 is 0 Å². The molecule has 0 spiro atoms. The molecule has 1 aromatic heterocycles. The van der Waals surface area contributed by atoms with Crippen molar-refractivity contribution in [1.29, 1.82) is 0 Å². The van der Waals surface area contributed by atoms with Gasteiger partial charge in [0.25, 0.3) is 10.0 Å². The molecule has 0 atom stereocenters. The van der Waals surface area contributed by atoms with Gasteiger partial charge in [-0.25, -0.2) is 13.4 Å². The van der Waals surface area contributed by atoms with Crippen molar-refractivity contribution in [1.82, 2.24) is 9.97 Å². The van der Waals surface area contributed by atoms with Gasteiger partial charge in [-0.3, -0.25) is 14.5 Å². The van der Waals surface area contributed by atoms with Crippen molar-refractivity contribution in [3.05, 3.63) is 90.3 Å². The van der Waals surface area contributed by atoms with Crippen LogP contribution in [0.4, 0.5) is 11.4 Å². The fourth-order valence-electron chi connectivity index (χ4n) is 3.29. The summed E-state index contributed by atoms with van der Waals surface area (Å²) in [5.74, 6) is -0.0324. The lowest BCUT2D eigenvalue weighted by atomic mass is 10.2. The fourth-order valence-corrected chi connectivity index (χ4v) is 4.63. The Kier molecular flexibility index (Phi) is 6.55. The zero-order valence-electron chi connectivity index (χ0n) is 18.5. The SMILES string of the molecule is COc1ccccc1NS(=O)(=O)c1cc(NC(=O)/C=C/c2cnc3ccccc3n2)ccc1C. The molecule has 4 aromatic rings. The average Bonchev–Trinajstić information content (AvgIpc) is 2.84. The van der Waals surface area contributed by atoms with E-state index in [9.17, 15) is 13.2 Å². The molecular formula is C25H22N4O4S. The van der Waals surface area contributed by atoms with Crippen LogP contribution in [0.25, 0.3) is 17.1 Å². The Bertz CT molecular complexity index is 1500. The van der Waals surface area contributed by atoms with Crippen molar-refractivity contribution in [2.75, 3.05) is 17.1 Å². The summed E-state index contributed by atoms with van der Waals surface area (Å²) < 4.78 is 33.8. The van der Waals surface area contributed by atoms with Crippen LogP contribution in [0.2, 0.25) is 0 Å². The number of amides is 1. The van der Waals surface area contributed by atoms with Gasteiger partial charge in [0.1, 0.15) is 5.75 Å². The number of methoxy groups -OCH3 is 1. The molecular weight excluding hydrogens is 452 g/mol. The monoisotopic (exact) mass is 474 g/mol. The molecule has 8 nitrogen and oxygen atoms in total. The minimum Gasteiger partial charge on any atom is -0.495 e. The van der Waals surface area contributed by atoms with Gasteiger partial charge in [-0.15, -0.1) is 0 Å².